The quantitative estimate of drug-likeness (QED) is 0.644. The zero-order valence-electron chi connectivity index (χ0n) is 12.0. The van der Waals surface area contributed by atoms with Crippen molar-refractivity contribution in [3.63, 3.8) is 0 Å². The number of rotatable bonds is 3. The number of para-hydroxylation sites is 1. The molecule has 0 aliphatic rings. The molecule has 1 amide bonds. The first-order valence-electron chi connectivity index (χ1n) is 6.79. The maximum atomic E-state index is 12.2. The Kier molecular flexibility index (Phi) is 3.57. The number of nitrogens with two attached hydrogens (primary N) is 1. The molecule has 110 valence electrons. The number of nitrogen functional groups attached to an aromatic ring is 1. The number of hydrogen-bond donors (Lipinski definition) is 3. The molecule has 0 radical (unpaired) electrons. The van der Waals surface area contributed by atoms with E-state index in [0.29, 0.717) is 11.2 Å². The fourth-order valence-corrected chi connectivity index (χ4v) is 2.12. The van der Waals surface area contributed by atoms with Gasteiger partial charge in [0.05, 0.1) is 16.9 Å². The fourth-order valence-electron chi connectivity index (χ4n) is 2.12. The van der Waals surface area contributed by atoms with Gasteiger partial charge in [0, 0.05) is 5.39 Å². The smallest absolute Gasteiger partial charge is 0.292 e. The van der Waals surface area contributed by atoms with Crippen LogP contribution in [0, 0.1) is 6.92 Å². The highest BCUT2D eigenvalue weighted by Crippen LogP contribution is 2.22. The molecule has 4 N–H and O–H groups in total. The highest BCUT2D eigenvalue weighted by Gasteiger charge is 2.15. The predicted molar refractivity (Wildman–Crippen MR) is 86.2 cm³/mol. The third-order valence-electron chi connectivity index (χ3n) is 3.26. The molecule has 1 heterocycles. The van der Waals surface area contributed by atoms with Crippen LogP contribution in [0.25, 0.3) is 10.9 Å². The number of carbonyl (C=O) groups excluding carboxylic acids is 1. The topological polar surface area (TPSA) is 92.9 Å². The number of amides is 1. The Bertz CT molecular complexity index is 833. The van der Waals surface area contributed by atoms with Gasteiger partial charge in [0.1, 0.15) is 0 Å². The molecular weight excluding hydrogens is 278 g/mol. The number of fused-ring (bicyclic) bond motifs is 1. The fraction of sp³-hybridized carbons (Fsp3) is 0.0625. The van der Waals surface area contributed by atoms with E-state index in [0.717, 1.165) is 16.6 Å². The molecule has 0 bridgehead atoms. The molecule has 1 aromatic heterocycles. The van der Waals surface area contributed by atoms with Crippen LogP contribution in [-0.2, 0) is 0 Å². The number of aryl methyl sites for hydroxylation is 1. The maximum Gasteiger partial charge on any atom is 0.292 e. The molecule has 0 fully saturated rings. The Labute approximate surface area is 127 Å². The number of hydrazine groups is 1. The van der Waals surface area contributed by atoms with Gasteiger partial charge in [-0.2, -0.15) is 0 Å². The van der Waals surface area contributed by atoms with Crippen LogP contribution in [0.2, 0.25) is 0 Å². The molecule has 3 rings (SSSR count). The summed E-state index contributed by atoms with van der Waals surface area (Å²) in [6.45, 7) is 1.95. The molecule has 0 saturated heterocycles. The SMILES string of the molecule is Cc1ccc2nnc(C(=O)NNc3ccccc3)c(N)c2c1. The summed E-state index contributed by atoms with van der Waals surface area (Å²) >= 11 is 0. The highest BCUT2D eigenvalue weighted by atomic mass is 16.2. The molecule has 6 heteroatoms. The molecule has 6 nitrogen and oxygen atoms in total. The highest BCUT2D eigenvalue weighted by molar-refractivity contribution is 6.04. The van der Waals surface area contributed by atoms with Crippen LogP contribution < -0.4 is 16.6 Å². The second kappa shape index (κ2) is 5.69. The molecule has 0 atom stereocenters. The van der Waals surface area contributed by atoms with Crippen LogP contribution in [0.3, 0.4) is 0 Å². The van der Waals surface area contributed by atoms with Crippen LogP contribution in [0.1, 0.15) is 16.1 Å². The second-order valence-corrected chi connectivity index (χ2v) is 4.93. The van der Waals surface area contributed by atoms with Crippen LogP contribution in [0.4, 0.5) is 11.4 Å². The van der Waals surface area contributed by atoms with Gasteiger partial charge in [0.2, 0.25) is 0 Å². The minimum atomic E-state index is -0.433. The van der Waals surface area contributed by atoms with Crippen molar-refractivity contribution in [1.29, 1.82) is 0 Å². The summed E-state index contributed by atoms with van der Waals surface area (Å²) in [5.41, 5.74) is 14.3. The van der Waals surface area contributed by atoms with Crippen molar-refractivity contribution in [2.45, 2.75) is 6.92 Å². The second-order valence-electron chi connectivity index (χ2n) is 4.93. The third kappa shape index (κ3) is 2.67. The number of anilines is 2. The normalized spacial score (nSPS) is 10.4. The Balaban J connectivity index is 1.86. The van der Waals surface area contributed by atoms with Gasteiger partial charge in [-0.3, -0.25) is 15.6 Å². The van der Waals surface area contributed by atoms with E-state index >= 15 is 0 Å². The van der Waals surface area contributed by atoms with E-state index in [1.807, 2.05) is 55.5 Å². The number of aromatic nitrogens is 2. The molecule has 0 saturated carbocycles. The molecule has 22 heavy (non-hydrogen) atoms. The molecule has 0 aliphatic heterocycles. The number of carbonyl (C=O) groups is 1. The van der Waals surface area contributed by atoms with Crippen molar-refractivity contribution < 1.29 is 4.79 Å². The van der Waals surface area contributed by atoms with Crippen molar-refractivity contribution in [3.05, 3.63) is 59.8 Å². The summed E-state index contributed by atoms with van der Waals surface area (Å²) in [4.78, 5) is 12.2. The number of nitrogens with one attached hydrogen (secondary N) is 2. The lowest BCUT2D eigenvalue weighted by Crippen LogP contribution is -2.31. The van der Waals surface area contributed by atoms with Gasteiger partial charge in [-0.1, -0.05) is 29.8 Å². The van der Waals surface area contributed by atoms with Gasteiger partial charge in [-0.15, -0.1) is 10.2 Å². The number of benzene rings is 2. The summed E-state index contributed by atoms with van der Waals surface area (Å²) in [6.07, 6.45) is 0. The first-order chi connectivity index (χ1) is 10.6. The molecule has 0 unspecified atom stereocenters. The van der Waals surface area contributed by atoms with Crippen LogP contribution in [0.5, 0.6) is 0 Å². The molecule has 2 aromatic carbocycles. The third-order valence-corrected chi connectivity index (χ3v) is 3.26. The lowest BCUT2D eigenvalue weighted by Gasteiger charge is -2.10. The van der Waals surface area contributed by atoms with Gasteiger partial charge in [0.25, 0.3) is 5.91 Å². The maximum absolute atomic E-state index is 12.2. The van der Waals surface area contributed by atoms with Crippen molar-refractivity contribution in [2.24, 2.45) is 0 Å². The average molecular weight is 293 g/mol. The zero-order valence-corrected chi connectivity index (χ0v) is 12.0. The van der Waals surface area contributed by atoms with Gasteiger partial charge < -0.3 is 5.73 Å². The van der Waals surface area contributed by atoms with E-state index in [1.54, 1.807) is 0 Å². The minimum absolute atomic E-state index is 0.0986. The lowest BCUT2D eigenvalue weighted by molar-refractivity contribution is 0.0958. The Morgan fingerprint density at radius 3 is 2.64 bits per heavy atom. The minimum Gasteiger partial charge on any atom is -0.396 e. The largest absolute Gasteiger partial charge is 0.396 e. The number of hydrogen-bond acceptors (Lipinski definition) is 5. The van der Waals surface area contributed by atoms with Crippen molar-refractivity contribution in [1.82, 2.24) is 15.6 Å². The lowest BCUT2D eigenvalue weighted by atomic mass is 10.1. The Hall–Kier alpha value is -3.15. The van der Waals surface area contributed by atoms with Crippen molar-refractivity contribution in [2.75, 3.05) is 11.2 Å². The van der Waals surface area contributed by atoms with E-state index in [1.165, 1.54) is 0 Å². The number of nitrogens with zero attached hydrogens (tertiary/aromatic N) is 2. The summed E-state index contributed by atoms with van der Waals surface area (Å²) < 4.78 is 0. The molecular formula is C16H15N5O. The first kappa shape index (κ1) is 13.8. The predicted octanol–water partition coefficient (Wildman–Crippen LogP) is 2.28. The molecule has 0 spiro atoms. The van der Waals surface area contributed by atoms with Crippen LogP contribution in [0.15, 0.2) is 48.5 Å². The molecule has 0 aliphatic carbocycles. The van der Waals surface area contributed by atoms with Gasteiger partial charge in [-0.05, 0) is 31.2 Å². The van der Waals surface area contributed by atoms with Crippen LogP contribution >= 0.6 is 0 Å². The summed E-state index contributed by atoms with van der Waals surface area (Å²) in [5, 5.41) is 8.68. The monoisotopic (exact) mass is 293 g/mol. The van der Waals surface area contributed by atoms with Gasteiger partial charge >= 0.3 is 0 Å². The zero-order chi connectivity index (χ0) is 15.5. The standard InChI is InChI=1S/C16H15N5O/c1-10-7-8-13-12(9-10)14(17)15(20-19-13)16(22)21-18-11-5-3-2-4-6-11/h2-9,18H,1H3,(H2,17,19)(H,21,22). The summed E-state index contributed by atoms with van der Waals surface area (Å²) in [5.74, 6) is -0.433. The van der Waals surface area contributed by atoms with Gasteiger partial charge in [-0.25, -0.2) is 0 Å². The van der Waals surface area contributed by atoms with Gasteiger partial charge in [0.15, 0.2) is 5.69 Å². The van der Waals surface area contributed by atoms with Crippen molar-refractivity contribution in [3.8, 4) is 0 Å². The Morgan fingerprint density at radius 2 is 1.86 bits per heavy atom. The van der Waals surface area contributed by atoms with E-state index in [-0.39, 0.29) is 5.69 Å². The molecule has 3 aromatic rings. The van der Waals surface area contributed by atoms with Crippen LogP contribution in [-0.4, -0.2) is 16.1 Å². The van der Waals surface area contributed by atoms with E-state index in [9.17, 15) is 4.79 Å². The van der Waals surface area contributed by atoms with E-state index in [4.69, 9.17) is 5.73 Å². The average Bonchev–Trinajstić information content (AvgIpc) is 2.54. The van der Waals surface area contributed by atoms with E-state index < -0.39 is 5.91 Å². The van der Waals surface area contributed by atoms with Crippen molar-refractivity contribution >= 4 is 28.2 Å². The summed E-state index contributed by atoms with van der Waals surface area (Å²) in [6, 6.07) is 14.9. The Morgan fingerprint density at radius 1 is 1.09 bits per heavy atom. The van der Waals surface area contributed by atoms with E-state index in [2.05, 4.69) is 21.0 Å². The summed E-state index contributed by atoms with van der Waals surface area (Å²) in [7, 11) is 0. The first-order valence-corrected chi connectivity index (χ1v) is 6.79.